The van der Waals surface area contributed by atoms with Crippen molar-refractivity contribution in [1.82, 2.24) is 0 Å². The van der Waals surface area contributed by atoms with E-state index in [0.29, 0.717) is 4.73 Å². The molecule has 2 nitrogen and oxygen atoms in total. The standard InChI is InChI=1S/C6H7Cl2NOSi/c1-11(7,8)6-3-2-4-9(10)5-6/h2-5H,1H3. The van der Waals surface area contributed by atoms with Gasteiger partial charge in [-0.3, -0.25) is 0 Å². The van der Waals surface area contributed by atoms with Crippen LogP contribution >= 0.6 is 22.2 Å². The Bertz CT molecular complexity index is 261. The molecule has 1 aromatic heterocycles. The van der Waals surface area contributed by atoms with Crippen molar-refractivity contribution in [3.63, 3.8) is 0 Å². The van der Waals surface area contributed by atoms with Gasteiger partial charge in [0.2, 0.25) is 0 Å². The average Bonchev–Trinajstić information content (AvgIpc) is 1.86. The van der Waals surface area contributed by atoms with E-state index in [1.165, 1.54) is 12.4 Å². The smallest absolute Gasteiger partial charge is 0.283 e. The van der Waals surface area contributed by atoms with Crippen LogP contribution in [0.4, 0.5) is 0 Å². The summed E-state index contributed by atoms with van der Waals surface area (Å²) >= 11 is 11.8. The zero-order valence-electron chi connectivity index (χ0n) is 5.92. The highest BCUT2D eigenvalue weighted by molar-refractivity contribution is 7.50. The van der Waals surface area contributed by atoms with Crippen LogP contribution in [-0.2, 0) is 0 Å². The topological polar surface area (TPSA) is 26.9 Å². The van der Waals surface area contributed by atoms with Gasteiger partial charge in [0.25, 0.3) is 6.69 Å². The van der Waals surface area contributed by atoms with Crippen molar-refractivity contribution in [2.75, 3.05) is 0 Å². The second-order valence-corrected chi connectivity index (χ2v) is 9.81. The first-order valence-electron chi connectivity index (χ1n) is 3.07. The molecule has 0 saturated heterocycles. The molecule has 0 aliphatic rings. The fraction of sp³-hybridized carbons (Fsp3) is 0.167. The summed E-state index contributed by atoms with van der Waals surface area (Å²) in [6.07, 6.45) is 2.81. The quantitative estimate of drug-likeness (QED) is 0.293. The molecule has 0 aliphatic carbocycles. The first kappa shape index (κ1) is 8.84. The normalized spacial score (nSPS) is 11.5. The van der Waals surface area contributed by atoms with Crippen LogP contribution in [0.25, 0.3) is 0 Å². The third-order valence-corrected chi connectivity index (χ3v) is 3.90. The van der Waals surface area contributed by atoms with Gasteiger partial charge in [-0.2, -0.15) is 4.73 Å². The molecule has 0 amide bonds. The molecule has 0 unspecified atom stereocenters. The van der Waals surface area contributed by atoms with Gasteiger partial charge < -0.3 is 5.21 Å². The van der Waals surface area contributed by atoms with Gasteiger partial charge in [0.15, 0.2) is 12.4 Å². The molecule has 60 valence electrons. The summed E-state index contributed by atoms with van der Waals surface area (Å²) in [5, 5.41) is 11.5. The third kappa shape index (κ3) is 2.36. The number of hydrogen-bond donors (Lipinski definition) is 0. The summed E-state index contributed by atoms with van der Waals surface area (Å²) in [5.74, 6) is 0. The van der Waals surface area contributed by atoms with Crippen molar-refractivity contribution in [1.29, 1.82) is 0 Å². The van der Waals surface area contributed by atoms with Crippen molar-refractivity contribution < 1.29 is 4.73 Å². The minimum atomic E-state index is -2.34. The molecule has 1 rings (SSSR count). The van der Waals surface area contributed by atoms with Gasteiger partial charge in [0.1, 0.15) is 0 Å². The molecule has 0 saturated carbocycles. The molecular weight excluding hydrogens is 201 g/mol. The lowest BCUT2D eigenvalue weighted by Gasteiger charge is -2.08. The second-order valence-electron chi connectivity index (χ2n) is 2.34. The van der Waals surface area contributed by atoms with E-state index in [0.717, 1.165) is 5.19 Å². The molecule has 0 aliphatic heterocycles. The zero-order chi connectivity index (χ0) is 8.48. The van der Waals surface area contributed by atoms with Crippen LogP contribution in [0.5, 0.6) is 0 Å². The maximum Gasteiger partial charge on any atom is 0.283 e. The number of nitrogens with zero attached hydrogens (tertiary/aromatic N) is 1. The summed E-state index contributed by atoms with van der Waals surface area (Å²) in [4.78, 5) is 0. The van der Waals surface area contributed by atoms with Gasteiger partial charge in [-0.05, 0) is 12.6 Å². The maximum atomic E-state index is 10.8. The molecule has 0 aromatic carbocycles. The number of pyridine rings is 1. The van der Waals surface area contributed by atoms with Crippen LogP contribution in [0.3, 0.4) is 0 Å². The predicted octanol–water partition coefficient (Wildman–Crippen LogP) is 1.08. The Hall–Kier alpha value is -0.253. The Morgan fingerprint density at radius 2 is 2.18 bits per heavy atom. The maximum absolute atomic E-state index is 10.8. The van der Waals surface area contributed by atoms with Crippen LogP contribution in [-0.4, -0.2) is 6.69 Å². The molecule has 0 N–H and O–H groups in total. The minimum Gasteiger partial charge on any atom is -0.619 e. The highest BCUT2D eigenvalue weighted by Gasteiger charge is 2.25. The largest absolute Gasteiger partial charge is 0.619 e. The van der Waals surface area contributed by atoms with E-state index < -0.39 is 6.69 Å². The number of aromatic nitrogens is 1. The molecule has 1 heterocycles. The van der Waals surface area contributed by atoms with Crippen molar-refractivity contribution in [2.45, 2.75) is 6.55 Å². The summed E-state index contributed by atoms with van der Waals surface area (Å²) in [5.41, 5.74) is 0. The monoisotopic (exact) mass is 207 g/mol. The first-order valence-corrected chi connectivity index (χ1v) is 7.59. The molecule has 0 spiro atoms. The molecule has 11 heavy (non-hydrogen) atoms. The van der Waals surface area contributed by atoms with Crippen LogP contribution in [0.2, 0.25) is 6.55 Å². The first-order chi connectivity index (χ1) is 5.00. The molecule has 0 radical (unpaired) electrons. The Kier molecular flexibility index (Phi) is 2.42. The number of halogens is 2. The molecule has 0 atom stereocenters. The molecule has 1 aromatic rings. The molecule has 5 heteroatoms. The van der Waals surface area contributed by atoms with E-state index in [2.05, 4.69) is 0 Å². The Balaban J connectivity index is 3.06. The van der Waals surface area contributed by atoms with Crippen LogP contribution in [0.1, 0.15) is 0 Å². The van der Waals surface area contributed by atoms with Crippen molar-refractivity contribution >= 4 is 34.0 Å². The van der Waals surface area contributed by atoms with E-state index in [9.17, 15) is 5.21 Å². The lowest BCUT2D eigenvalue weighted by molar-refractivity contribution is -0.604. The zero-order valence-corrected chi connectivity index (χ0v) is 8.43. The van der Waals surface area contributed by atoms with Crippen molar-refractivity contribution in [3.8, 4) is 0 Å². The van der Waals surface area contributed by atoms with E-state index >= 15 is 0 Å². The summed E-state index contributed by atoms with van der Waals surface area (Å²) in [6, 6.07) is 3.40. The Morgan fingerprint density at radius 1 is 1.55 bits per heavy atom. The second kappa shape index (κ2) is 3.01. The summed E-state index contributed by atoms with van der Waals surface area (Å²) in [6.45, 7) is -0.586. The van der Waals surface area contributed by atoms with Gasteiger partial charge in [-0.1, -0.05) is 0 Å². The minimum absolute atomic E-state index is 0.700. The fourth-order valence-corrected chi connectivity index (χ4v) is 2.13. The fourth-order valence-electron chi connectivity index (χ4n) is 0.714. The third-order valence-electron chi connectivity index (χ3n) is 1.28. The molecule has 0 bridgehead atoms. The summed E-state index contributed by atoms with van der Waals surface area (Å²) < 4.78 is 0.700. The van der Waals surface area contributed by atoms with Gasteiger partial charge in [-0.15, -0.1) is 22.2 Å². The Morgan fingerprint density at radius 3 is 2.55 bits per heavy atom. The van der Waals surface area contributed by atoms with E-state index in [4.69, 9.17) is 22.2 Å². The predicted molar refractivity (Wildman–Crippen MR) is 48.4 cm³/mol. The molecule has 0 fully saturated rings. The van der Waals surface area contributed by atoms with Gasteiger partial charge in [0, 0.05) is 11.3 Å². The van der Waals surface area contributed by atoms with E-state index in [-0.39, 0.29) is 0 Å². The van der Waals surface area contributed by atoms with Crippen LogP contribution < -0.4 is 9.92 Å². The average molecular weight is 208 g/mol. The summed E-state index contributed by atoms with van der Waals surface area (Å²) in [7, 11) is 0. The highest BCUT2D eigenvalue weighted by Crippen LogP contribution is 2.12. The number of rotatable bonds is 1. The van der Waals surface area contributed by atoms with Gasteiger partial charge in [-0.25, -0.2) is 0 Å². The van der Waals surface area contributed by atoms with Crippen molar-refractivity contribution in [3.05, 3.63) is 29.7 Å². The van der Waals surface area contributed by atoms with E-state index in [1.807, 2.05) is 0 Å². The SMILES string of the molecule is C[Si](Cl)(Cl)c1ccc[n+]([O-])c1. The van der Waals surface area contributed by atoms with Gasteiger partial charge >= 0.3 is 0 Å². The lowest BCUT2D eigenvalue weighted by Crippen LogP contribution is -2.39. The van der Waals surface area contributed by atoms with Gasteiger partial charge in [0.05, 0.1) is 0 Å². The van der Waals surface area contributed by atoms with E-state index in [1.54, 1.807) is 18.7 Å². The molecular formula is C6H7Cl2NOSi. The highest BCUT2D eigenvalue weighted by atomic mass is 35.7. The number of hydrogen-bond acceptors (Lipinski definition) is 1. The Labute approximate surface area is 75.4 Å². The van der Waals surface area contributed by atoms with Crippen LogP contribution in [0.15, 0.2) is 24.5 Å². The lowest BCUT2D eigenvalue weighted by atomic mass is 10.5. The van der Waals surface area contributed by atoms with Crippen molar-refractivity contribution in [2.24, 2.45) is 0 Å². The van der Waals surface area contributed by atoms with Crippen LogP contribution in [0, 0.1) is 5.21 Å².